The Morgan fingerprint density at radius 3 is 2.61 bits per heavy atom. The van der Waals surface area contributed by atoms with Crippen molar-refractivity contribution in [1.82, 2.24) is 9.88 Å². The summed E-state index contributed by atoms with van der Waals surface area (Å²) in [5, 5.41) is 0.620. The van der Waals surface area contributed by atoms with Crippen molar-refractivity contribution in [1.29, 1.82) is 0 Å². The molecule has 9 heteroatoms. The molecule has 0 spiro atoms. The van der Waals surface area contributed by atoms with Crippen LogP contribution in [0.15, 0.2) is 47.4 Å². The molecule has 0 unspecified atom stereocenters. The minimum absolute atomic E-state index is 0.0890. The van der Waals surface area contributed by atoms with Gasteiger partial charge in [0.05, 0.1) is 34.1 Å². The Bertz CT molecular complexity index is 1220. The van der Waals surface area contributed by atoms with Crippen LogP contribution in [0.25, 0.3) is 10.2 Å². The third-order valence-electron chi connectivity index (χ3n) is 5.78. The Hall–Kier alpha value is -2.33. The monoisotopic (exact) mass is 487 g/mol. The van der Waals surface area contributed by atoms with Crippen molar-refractivity contribution in [3.63, 3.8) is 0 Å². The topological polar surface area (TPSA) is 79.8 Å². The lowest BCUT2D eigenvalue weighted by atomic mass is 10.1. The van der Waals surface area contributed by atoms with Gasteiger partial charge in [0.2, 0.25) is 5.91 Å². The average Bonchev–Trinajstić information content (AvgIpc) is 3.23. The van der Waals surface area contributed by atoms with Crippen LogP contribution in [0.3, 0.4) is 0 Å². The lowest BCUT2D eigenvalue weighted by Crippen LogP contribution is -2.43. The summed E-state index contributed by atoms with van der Waals surface area (Å²) in [6.45, 7) is 8.22. The number of anilines is 1. The van der Waals surface area contributed by atoms with E-state index in [1.165, 1.54) is 11.3 Å². The van der Waals surface area contributed by atoms with Crippen LogP contribution in [-0.4, -0.2) is 69.4 Å². The smallest absolute Gasteiger partial charge is 0.229 e. The van der Waals surface area contributed by atoms with Crippen LogP contribution in [0.5, 0.6) is 0 Å². The van der Waals surface area contributed by atoms with Crippen molar-refractivity contribution in [3.8, 4) is 0 Å². The molecule has 176 valence electrons. The molecule has 2 heterocycles. The number of carbonyl (C=O) groups is 1. The summed E-state index contributed by atoms with van der Waals surface area (Å²) in [6.07, 6.45) is -0.0890. The second-order valence-electron chi connectivity index (χ2n) is 8.31. The highest BCUT2D eigenvalue weighted by atomic mass is 32.2. The number of sulfone groups is 1. The molecule has 0 radical (unpaired) electrons. The first-order chi connectivity index (χ1) is 15.8. The van der Waals surface area contributed by atoms with Gasteiger partial charge in [-0.25, -0.2) is 13.4 Å². The van der Waals surface area contributed by atoms with Gasteiger partial charge < -0.3 is 4.74 Å². The second-order valence-corrected chi connectivity index (χ2v) is 11.4. The number of carbonyl (C=O) groups excluding carboxylic acids is 1. The fraction of sp³-hybridized carbons (Fsp3) is 0.417. The lowest BCUT2D eigenvalue weighted by molar-refractivity contribution is -0.118. The first-order valence-electron chi connectivity index (χ1n) is 11.1. The van der Waals surface area contributed by atoms with E-state index in [1.54, 1.807) is 35.2 Å². The minimum atomic E-state index is -3.53. The molecule has 1 fully saturated rings. The van der Waals surface area contributed by atoms with E-state index >= 15 is 0 Å². The van der Waals surface area contributed by atoms with Crippen molar-refractivity contribution >= 4 is 42.4 Å². The third-order valence-corrected chi connectivity index (χ3v) is 8.54. The Morgan fingerprint density at radius 2 is 1.88 bits per heavy atom. The fourth-order valence-corrected chi connectivity index (χ4v) is 6.41. The molecule has 7 nitrogen and oxygen atoms in total. The highest BCUT2D eigenvalue weighted by Gasteiger charge is 2.24. The number of hydrogen-bond donors (Lipinski definition) is 0. The van der Waals surface area contributed by atoms with Crippen molar-refractivity contribution in [2.45, 2.75) is 25.2 Å². The highest BCUT2D eigenvalue weighted by molar-refractivity contribution is 7.91. The largest absolute Gasteiger partial charge is 0.379 e. The number of amides is 1. The van der Waals surface area contributed by atoms with Gasteiger partial charge in [0.15, 0.2) is 15.0 Å². The number of rotatable bonds is 8. The van der Waals surface area contributed by atoms with E-state index < -0.39 is 9.84 Å². The van der Waals surface area contributed by atoms with E-state index in [4.69, 9.17) is 9.72 Å². The number of fused-ring (bicyclic) bond motifs is 1. The average molecular weight is 488 g/mol. The molecule has 1 amide bonds. The number of nitrogens with zero attached hydrogens (tertiary/aromatic N) is 3. The van der Waals surface area contributed by atoms with E-state index in [1.807, 2.05) is 13.8 Å². The van der Waals surface area contributed by atoms with Gasteiger partial charge >= 0.3 is 0 Å². The molecule has 1 aliphatic rings. The van der Waals surface area contributed by atoms with Crippen molar-refractivity contribution in [2.24, 2.45) is 0 Å². The summed E-state index contributed by atoms with van der Waals surface area (Å²) >= 11 is 1.48. The third kappa shape index (κ3) is 5.78. The fourth-order valence-electron chi connectivity index (χ4n) is 3.97. The van der Waals surface area contributed by atoms with Crippen LogP contribution in [0.2, 0.25) is 0 Å². The zero-order valence-electron chi connectivity index (χ0n) is 19.0. The maximum Gasteiger partial charge on any atom is 0.229 e. The molecular formula is C24H29N3O4S2. The zero-order valence-corrected chi connectivity index (χ0v) is 20.6. The van der Waals surface area contributed by atoms with Gasteiger partial charge in [-0.3, -0.25) is 14.6 Å². The molecule has 2 aromatic carbocycles. The number of morpholine rings is 1. The first kappa shape index (κ1) is 23.8. The van der Waals surface area contributed by atoms with E-state index in [2.05, 4.69) is 17.0 Å². The predicted octanol–water partition coefficient (Wildman–Crippen LogP) is 3.44. The van der Waals surface area contributed by atoms with E-state index in [-0.39, 0.29) is 23.0 Å². The Balaban J connectivity index is 1.55. The van der Waals surface area contributed by atoms with Crippen LogP contribution in [0.4, 0.5) is 5.13 Å². The van der Waals surface area contributed by atoms with E-state index in [0.29, 0.717) is 31.4 Å². The number of aryl methyl sites for hydroxylation is 2. The molecule has 0 aliphatic carbocycles. The minimum Gasteiger partial charge on any atom is -0.379 e. The molecule has 1 saturated heterocycles. The lowest BCUT2D eigenvalue weighted by Gasteiger charge is -2.29. The Kier molecular flexibility index (Phi) is 7.43. The molecule has 0 atom stereocenters. The molecule has 0 bridgehead atoms. The van der Waals surface area contributed by atoms with Crippen molar-refractivity contribution < 1.29 is 17.9 Å². The van der Waals surface area contributed by atoms with Crippen molar-refractivity contribution in [3.05, 3.63) is 53.6 Å². The maximum atomic E-state index is 13.3. The normalized spacial score (nSPS) is 15.1. The van der Waals surface area contributed by atoms with Crippen LogP contribution >= 0.6 is 11.3 Å². The van der Waals surface area contributed by atoms with Crippen molar-refractivity contribution in [2.75, 3.05) is 50.0 Å². The molecule has 3 aromatic rings. The van der Waals surface area contributed by atoms with E-state index in [9.17, 15) is 13.2 Å². The van der Waals surface area contributed by atoms with Gasteiger partial charge in [-0.1, -0.05) is 35.6 Å². The molecule has 0 N–H and O–H groups in total. The van der Waals surface area contributed by atoms with Crippen LogP contribution in [0, 0.1) is 13.8 Å². The molecule has 1 aliphatic heterocycles. The SMILES string of the molecule is Cc1cc(C)c2nc(N(CCN3CCOCC3)C(=O)CCS(=O)(=O)c3ccccc3)sc2c1. The number of aromatic nitrogens is 1. The van der Waals surface area contributed by atoms with Crippen LogP contribution in [-0.2, 0) is 19.4 Å². The first-order valence-corrected chi connectivity index (χ1v) is 13.6. The quantitative estimate of drug-likeness (QED) is 0.484. The number of ether oxygens (including phenoxy) is 1. The molecular weight excluding hydrogens is 458 g/mol. The molecule has 1 aromatic heterocycles. The van der Waals surface area contributed by atoms with Gasteiger partial charge in [0.1, 0.15) is 0 Å². The summed E-state index contributed by atoms with van der Waals surface area (Å²) in [4.78, 5) is 22.2. The van der Waals surface area contributed by atoms with Gasteiger partial charge in [-0.2, -0.15) is 0 Å². The molecule has 0 saturated carbocycles. The number of hydrogen-bond acceptors (Lipinski definition) is 7. The van der Waals surface area contributed by atoms with Crippen LogP contribution < -0.4 is 4.90 Å². The number of thiazole rings is 1. The summed E-state index contributed by atoms with van der Waals surface area (Å²) < 4.78 is 31.9. The van der Waals surface area contributed by atoms with Gasteiger partial charge in [-0.15, -0.1) is 0 Å². The van der Waals surface area contributed by atoms with E-state index in [0.717, 1.165) is 34.4 Å². The summed E-state index contributed by atoms with van der Waals surface area (Å²) in [5.41, 5.74) is 3.11. The summed E-state index contributed by atoms with van der Waals surface area (Å²) in [7, 11) is -3.53. The second kappa shape index (κ2) is 10.3. The molecule has 33 heavy (non-hydrogen) atoms. The highest BCUT2D eigenvalue weighted by Crippen LogP contribution is 2.32. The summed E-state index contributed by atoms with van der Waals surface area (Å²) in [6, 6.07) is 12.4. The maximum absolute atomic E-state index is 13.3. The van der Waals surface area contributed by atoms with Gasteiger partial charge in [0, 0.05) is 32.6 Å². The Labute approximate surface area is 198 Å². The molecule has 4 rings (SSSR count). The zero-order chi connectivity index (χ0) is 23.4. The number of benzene rings is 2. The van der Waals surface area contributed by atoms with Gasteiger partial charge in [-0.05, 0) is 43.2 Å². The van der Waals surface area contributed by atoms with Crippen LogP contribution in [0.1, 0.15) is 17.5 Å². The van der Waals surface area contributed by atoms with Gasteiger partial charge in [0.25, 0.3) is 0 Å². The summed E-state index contributed by atoms with van der Waals surface area (Å²) in [5.74, 6) is -0.455. The standard InChI is InChI=1S/C24H29N3O4S2/c1-18-16-19(2)23-21(17-18)32-24(25-23)27(10-9-26-11-13-31-14-12-26)22(28)8-15-33(29,30)20-6-4-3-5-7-20/h3-7,16-17H,8-15H2,1-2H3. The predicted molar refractivity (Wildman–Crippen MR) is 132 cm³/mol. The Morgan fingerprint density at radius 1 is 1.15 bits per heavy atom.